The monoisotopic (exact) mass is 321 g/mol. The lowest BCUT2D eigenvalue weighted by Gasteiger charge is -2.32. The van der Waals surface area contributed by atoms with Crippen molar-refractivity contribution in [1.82, 2.24) is 4.90 Å². The van der Waals surface area contributed by atoms with Crippen LogP contribution in [-0.4, -0.2) is 34.3 Å². The van der Waals surface area contributed by atoms with E-state index in [1.807, 2.05) is 27.7 Å². The van der Waals surface area contributed by atoms with Gasteiger partial charge in [-0.05, 0) is 65.7 Å². The van der Waals surface area contributed by atoms with E-state index in [0.29, 0.717) is 5.92 Å². The molecule has 1 atom stereocenters. The van der Waals surface area contributed by atoms with Crippen LogP contribution in [-0.2, 0) is 19.1 Å². The van der Waals surface area contributed by atoms with E-state index in [0.717, 1.165) is 32.1 Å². The van der Waals surface area contributed by atoms with Gasteiger partial charge in [0.05, 0.1) is 5.92 Å². The molecule has 1 saturated carbocycles. The Kier molecular flexibility index (Phi) is 5.27. The van der Waals surface area contributed by atoms with Gasteiger partial charge in [-0.25, -0.2) is 0 Å². The first-order valence-electron chi connectivity index (χ1n) is 8.45. The molecule has 0 N–H and O–H groups in total. The molecule has 5 nitrogen and oxygen atoms in total. The molecule has 0 aromatic rings. The number of imide groups is 1. The van der Waals surface area contributed by atoms with E-state index < -0.39 is 5.60 Å². The molecule has 2 amide bonds. The van der Waals surface area contributed by atoms with E-state index >= 15 is 0 Å². The summed E-state index contributed by atoms with van der Waals surface area (Å²) in [5.74, 6) is -0.102. The van der Waals surface area contributed by atoms with Gasteiger partial charge in [-0.1, -0.05) is 0 Å². The summed E-state index contributed by atoms with van der Waals surface area (Å²) in [6.07, 6.45) is 7.01. The summed E-state index contributed by atoms with van der Waals surface area (Å²) >= 11 is 0. The van der Waals surface area contributed by atoms with Crippen molar-refractivity contribution in [2.45, 2.75) is 71.4 Å². The lowest BCUT2D eigenvalue weighted by atomic mass is 9.79. The minimum absolute atomic E-state index is 0.0162. The zero-order chi connectivity index (χ0) is 17.2. The molecule has 1 aliphatic heterocycles. The summed E-state index contributed by atoms with van der Waals surface area (Å²) in [4.78, 5) is 36.8. The molecule has 0 spiro atoms. The van der Waals surface area contributed by atoms with Crippen molar-refractivity contribution in [3.8, 4) is 0 Å². The Morgan fingerprint density at radius 2 is 1.70 bits per heavy atom. The number of hydrogen-bond acceptors (Lipinski definition) is 4. The van der Waals surface area contributed by atoms with Crippen LogP contribution in [0.2, 0.25) is 0 Å². The third-order valence-corrected chi connectivity index (χ3v) is 4.55. The zero-order valence-electron chi connectivity index (χ0n) is 14.5. The van der Waals surface area contributed by atoms with E-state index in [9.17, 15) is 14.4 Å². The number of amides is 2. The van der Waals surface area contributed by atoms with Crippen LogP contribution in [0.3, 0.4) is 0 Å². The maximum absolute atomic E-state index is 12.1. The SMILES string of the molecule is CC(CC1CCC(C(=O)OC(C)(C)C)CC1)N1C(=O)C=CC1=O. The Hall–Kier alpha value is -1.65. The Morgan fingerprint density at radius 1 is 1.17 bits per heavy atom. The van der Waals surface area contributed by atoms with Crippen LogP contribution >= 0.6 is 0 Å². The lowest BCUT2D eigenvalue weighted by Crippen LogP contribution is -2.40. The van der Waals surface area contributed by atoms with Crippen LogP contribution in [0.4, 0.5) is 0 Å². The van der Waals surface area contributed by atoms with Crippen molar-refractivity contribution < 1.29 is 19.1 Å². The molecule has 23 heavy (non-hydrogen) atoms. The number of rotatable bonds is 4. The third-order valence-electron chi connectivity index (χ3n) is 4.55. The predicted molar refractivity (Wildman–Crippen MR) is 86.4 cm³/mol. The maximum Gasteiger partial charge on any atom is 0.309 e. The summed E-state index contributed by atoms with van der Waals surface area (Å²) < 4.78 is 5.46. The Bertz CT molecular complexity index is 492. The second kappa shape index (κ2) is 6.85. The van der Waals surface area contributed by atoms with Crippen LogP contribution in [0.25, 0.3) is 0 Å². The predicted octanol–water partition coefficient (Wildman–Crippen LogP) is 2.84. The Labute approximate surface area is 138 Å². The van der Waals surface area contributed by atoms with Gasteiger partial charge in [-0.15, -0.1) is 0 Å². The Balaban J connectivity index is 1.80. The van der Waals surface area contributed by atoms with Crippen LogP contribution in [0, 0.1) is 11.8 Å². The molecular formula is C18H27NO4. The minimum atomic E-state index is -0.439. The summed E-state index contributed by atoms with van der Waals surface area (Å²) in [7, 11) is 0. The fourth-order valence-corrected chi connectivity index (χ4v) is 3.45. The van der Waals surface area contributed by atoms with E-state index in [1.165, 1.54) is 17.1 Å². The molecule has 0 saturated heterocycles. The molecule has 5 heteroatoms. The van der Waals surface area contributed by atoms with Gasteiger partial charge in [-0.2, -0.15) is 0 Å². The van der Waals surface area contributed by atoms with Crippen molar-refractivity contribution in [3.63, 3.8) is 0 Å². The lowest BCUT2D eigenvalue weighted by molar-refractivity contribution is -0.161. The number of carbonyl (C=O) groups is 3. The fraction of sp³-hybridized carbons (Fsp3) is 0.722. The standard InChI is InChI=1S/C18H27NO4/c1-12(19-15(20)9-10-16(19)21)11-13-5-7-14(8-6-13)17(22)23-18(2,3)4/h9-10,12-14H,5-8,11H2,1-4H3. The van der Waals surface area contributed by atoms with Crippen LogP contribution in [0.1, 0.15) is 59.8 Å². The normalized spacial score (nSPS) is 26.5. The average molecular weight is 321 g/mol. The van der Waals surface area contributed by atoms with Gasteiger partial charge in [0.1, 0.15) is 5.60 Å². The van der Waals surface area contributed by atoms with E-state index in [-0.39, 0.29) is 29.7 Å². The number of nitrogens with zero attached hydrogens (tertiary/aromatic N) is 1. The molecule has 2 aliphatic rings. The molecular weight excluding hydrogens is 294 g/mol. The number of ether oxygens (including phenoxy) is 1. The van der Waals surface area contributed by atoms with Crippen molar-refractivity contribution >= 4 is 17.8 Å². The van der Waals surface area contributed by atoms with Gasteiger partial charge >= 0.3 is 5.97 Å². The van der Waals surface area contributed by atoms with Crippen molar-refractivity contribution in [2.24, 2.45) is 11.8 Å². The topological polar surface area (TPSA) is 63.7 Å². The maximum atomic E-state index is 12.1. The second-order valence-corrected chi connectivity index (χ2v) is 7.72. The first-order valence-corrected chi connectivity index (χ1v) is 8.45. The molecule has 2 rings (SSSR count). The fourth-order valence-electron chi connectivity index (χ4n) is 3.45. The Morgan fingerprint density at radius 3 is 2.17 bits per heavy atom. The van der Waals surface area contributed by atoms with Gasteiger partial charge in [-0.3, -0.25) is 19.3 Å². The summed E-state index contributed by atoms with van der Waals surface area (Å²) in [6, 6.07) is -0.0897. The second-order valence-electron chi connectivity index (χ2n) is 7.72. The molecule has 0 radical (unpaired) electrons. The first kappa shape index (κ1) is 17.7. The molecule has 1 heterocycles. The van der Waals surface area contributed by atoms with E-state index in [1.54, 1.807) is 0 Å². The highest BCUT2D eigenvalue weighted by molar-refractivity contribution is 6.13. The van der Waals surface area contributed by atoms with E-state index in [2.05, 4.69) is 0 Å². The number of hydrogen-bond donors (Lipinski definition) is 0. The highest BCUT2D eigenvalue weighted by atomic mass is 16.6. The number of esters is 1. The third kappa shape index (κ3) is 4.66. The highest BCUT2D eigenvalue weighted by Crippen LogP contribution is 2.34. The van der Waals surface area contributed by atoms with Gasteiger partial charge in [0, 0.05) is 18.2 Å². The van der Waals surface area contributed by atoms with Gasteiger partial charge in [0.15, 0.2) is 0 Å². The smallest absolute Gasteiger partial charge is 0.309 e. The van der Waals surface area contributed by atoms with Gasteiger partial charge in [0.25, 0.3) is 11.8 Å². The highest BCUT2D eigenvalue weighted by Gasteiger charge is 2.33. The van der Waals surface area contributed by atoms with Crippen molar-refractivity contribution in [2.75, 3.05) is 0 Å². The summed E-state index contributed by atoms with van der Waals surface area (Å²) in [5, 5.41) is 0. The number of carbonyl (C=O) groups excluding carboxylic acids is 3. The van der Waals surface area contributed by atoms with Crippen molar-refractivity contribution in [3.05, 3.63) is 12.2 Å². The van der Waals surface area contributed by atoms with Gasteiger partial charge < -0.3 is 4.74 Å². The molecule has 0 aromatic heterocycles. The average Bonchev–Trinajstić information content (AvgIpc) is 2.77. The zero-order valence-corrected chi connectivity index (χ0v) is 14.5. The van der Waals surface area contributed by atoms with Crippen LogP contribution in [0.15, 0.2) is 12.2 Å². The summed E-state index contributed by atoms with van der Waals surface area (Å²) in [5.41, 5.74) is -0.439. The van der Waals surface area contributed by atoms with Crippen LogP contribution in [0.5, 0.6) is 0 Å². The first-order chi connectivity index (χ1) is 10.7. The van der Waals surface area contributed by atoms with Crippen LogP contribution < -0.4 is 0 Å². The van der Waals surface area contributed by atoms with Gasteiger partial charge in [0.2, 0.25) is 0 Å². The van der Waals surface area contributed by atoms with Crippen molar-refractivity contribution in [1.29, 1.82) is 0 Å². The minimum Gasteiger partial charge on any atom is -0.460 e. The molecule has 1 aliphatic carbocycles. The molecule has 0 aromatic carbocycles. The molecule has 1 unspecified atom stereocenters. The molecule has 0 bridgehead atoms. The quantitative estimate of drug-likeness (QED) is 0.590. The largest absolute Gasteiger partial charge is 0.460 e. The molecule has 128 valence electrons. The molecule has 1 fully saturated rings. The van der Waals surface area contributed by atoms with E-state index in [4.69, 9.17) is 4.74 Å². The summed E-state index contributed by atoms with van der Waals surface area (Å²) in [6.45, 7) is 7.58.